The molecule has 0 spiro atoms. The van der Waals surface area contributed by atoms with Gasteiger partial charge >= 0.3 is 0 Å². The zero-order valence-corrected chi connectivity index (χ0v) is 14.7. The largest absolute Gasteiger partial charge is 0.352 e. The highest BCUT2D eigenvalue weighted by atomic mass is 127. The smallest absolute Gasteiger partial charge is 0.191 e. The number of halogens is 1. The summed E-state index contributed by atoms with van der Waals surface area (Å²) in [6.45, 7) is 3.48. The lowest BCUT2D eigenvalue weighted by atomic mass is 10.2. The van der Waals surface area contributed by atoms with Crippen LogP contribution in [0.4, 0.5) is 0 Å². The molecule has 0 saturated heterocycles. The lowest BCUT2D eigenvalue weighted by Gasteiger charge is -2.12. The van der Waals surface area contributed by atoms with Crippen LogP contribution in [0.2, 0.25) is 0 Å². The number of pyridine rings is 1. The zero-order chi connectivity index (χ0) is 14.2. The molecule has 0 unspecified atom stereocenters. The molecule has 2 N–H and O–H groups in total. The summed E-state index contributed by atoms with van der Waals surface area (Å²) in [4.78, 5) is 8.57. The maximum atomic E-state index is 4.36. The van der Waals surface area contributed by atoms with Gasteiger partial charge in [0.1, 0.15) is 0 Å². The van der Waals surface area contributed by atoms with Crippen LogP contribution >= 0.6 is 24.0 Å². The molecule has 1 aromatic carbocycles. The summed E-state index contributed by atoms with van der Waals surface area (Å²) in [5, 5.41) is 6.56. The van der Waals surface area contributed by atoms with E-state index in [1.165, 1.54) is 11.1 Å². The van der Waals surface area contributed by atoms with Crippen LogP contribution in [0.15, 0.2) is 53.7 Å². The van der Waals surface area contributed by atoms with Crippen LogP contribution < -0.4 is 10.6 Å². The number of benzene rings is 1. The Morgan fingerprint density at radius 1 is 1.05 bits per heavy atom. The van der Waals surface area contributed by atoms with Gasteiger partial charge in [-0.2, -0.15) is 0 Å². The van der Waals surface area contributed by atoms with Crippen molar-refractivity contribution in [3.05, 3.63) is 65.5 Å². The maximum Gasteiger partial charge on any atom is 0.191 e. The van der Waals surface area contributed by atoms with Crippen molar-refractivity contribution in [3.63, 3.8) is 0 Å². The Morgan fingerprint density at radius 3 is 2.43 bits per heavy atom. The van der Waals surface area contributed by atoms with Crippen molar-refractivity contribution in [2.24, 2.45) is 4.99 Å². The number of aromatic nitrogens is 1. The van der Waals surface area contributed by atoms with E-state index in [0.29, 0.717) is 6.54 Å². The van der Waals surface area contributed by atoms with E-state index >= 15 is 0 Å². The fourth-order valence-corrected chi connectivity index (χ4v) is 1.87. The van der Waals surface area contributed by atoms with Gasteiger partial charge in [-0.1, -0.05) is 36.4 Å². The van der Waals surface area contributed by atoms with Crippen LogP contribution in [-0.4, -0.2) is 18.0 Å². The van der Waals surface area contributed by atoms with E-state index in [0.717, 1.165) is 18.2 Å². The lowest BCUT2D eigenvalue weighted by Crippen LogP contribution is -2.36. The number of nitrogens with zero attached hydrogens (tertiary/aromatic N) is 2. The van der Waals surface area contributed by atoms with Crippen LogP contribution in [0.5, 0.6) is 0 Å². The highest BCUT2D eigenvalue weighted by Crippen LogP contribution is 2.02. The van der Waals surface area contributed by atoms with Gasteiger partial charge in [0.2, 0.25) is 0 Å². The molecule has 2 aromatic rings. The molecule has 21 heavy (non-hydrogen) atoms. The van der Waals surface area contributed by atoms with Crippen molar-refractivity contribution in [2.75, 3.05) is 7.05 Å². The van der Waals surface area contributed by atoms with Crippen LogP contribution in [0.25, 0.3) is 0 Å². The molecular weight excluding hydrogens is 375 g/mol. The van der Waals surface area contributed by atoms with Gasteiger partial charge in [0.25, 0.3) is 0 Å². The Kier molecular flexibility index (Phi) is 7.74. The summed E-state index contributed by atoms with van der Waals surface area (Å²) in [6, 6.07) is 14.3. The number of hydrogen-bond acceptors (Lipinski definition) is 2. The Hall–Kier alpha value is -1.63. The Labute approximate surface area is 143 Å². The van der Waals surface area contributed by atoms with E-state index in [4.69, 9.17) is 0 Å². The number of aliphatic imine (C=N–C) groups is 1. The predicted octanol–water partition coefficient (Wildman–Crippen LogP) is 2.87. The number of nitrogens with one attached hydrogen (secondary N) is 2. The van der Waals surface area contributed by atoms with E-state index in [9.17, 15) is 0 Å². The summed E-state index contributed by atoms with van der Waals surface area (Å²) in [5.74, 6) is 0.777. The van der Waals surface area contributed by atoms with E-state index in [1.807, 2.05) is 30.5 Å². The summed E-state index contributed by atoms with van der Waals surface area (Å²) >= 11 is 0. The van der Waals surface area contributed by atoms with Gasteiger partial charge in [0.05, 0.1) is 12.2 Å². The maximum absolute atomic E-state index is 4.36. The fraction of sp³-hybridized carbons (Fsp3) is 0.250. The van der Waals surface area contributed by atoms with Gasteiger partial charge in [0.15, 0.2) is 5.96 Å². The predicted molar refractivity (Wildman–Crippen MR) is 97.9 cm³/mol. The minimum atomic E-state index is 0. The van der Waals surface area contributed by atoms with Crippen LogP contribution in [0, 0.1) is 6.92 Å². The van der Waals surface area contributed by atoms with Gasteiger partial charge in [0, 0.05) is 19.8 Å². The molecule has 2 rings (SSSR count). The Balaban J connectivity index is 0.00000220. The summed E-state index contributed by atoms with van der Waals surface area (Å²) in [7, 11) is 1.77. The Morgan fingerprint density at radius 2 is 1.76 bits per heavy atom. The lowest BCUT2D eigenvalue weighted by molar-refractivity contribution is 0.790. The number of guanidine groups is 1. The summed E-state index contributed by atoms with van der Waals surface area (Å²) in [6.07, 6.45) is 1.81. The van der Waals surface area contributed by atoms with Crippen molar-refractivity contribution in [1.29, 1.82) is 0 Å². The minimum Gasteiger partial charge on any atom is -0.352 e. The molecule has 0 atom stereocenters. The summed E-state index contributed by atoms with van der Waals surface area (Å²) < 4.78 is 0. The van der Waals surface area contributed by atoms with Gasteiger partial charge in [-0.15, -0.1) is 24.0 Å². The van der Waals surface area contributed by atoms with Crippen molar-refractivity contribution in [2.45, 2.75) is 20.0 Å². The van der Waals surface area contributed by atoms with Crippen molar-refractivity contribution in [3.8, 4) is 0 Å². The topological polar surface area (TPSA) is 49.3 Å². The van der Waals surface area contributed by atoms with Crippen LogP contribution in [0.1, 0.15) is 16.8 Å². The second-order valence-electron chi connectivity index (χ2n) is 4.53. The highest BCUT2D eigenvalue weighted by Gasteiger charge is 2.01. The number of rotatable bonds is 4. The molecule has 0 amide bonds. The number of hydrogen-bond donors (Lipinski definition) is 2. The second kappa shape index (κ2) is 9.33. The molecule has 112 valence electrons. The number of aryl methyl sites for hydroxylation is 1. The first-order valence-corrected chi connectivity index (χ1v) is 6.68. The third-order valence-corrected chi connectivity index (χ3v) is 3.07. The van der Waals surface area contributed by atoms with E-state index in [1.54, 1.807) is 7.05 Å². The normalized spacial score (nSPS) is 10.7. The third-order valence-electron chi connectivity index (χ3n) is 3.07. The first-order chi connectivity index (χ1) is 9.79. The van der Waals surface area contributed by atoms with Crippen molar-refractivity contribution >= 4 is 29.9 Å². The van der Waals surface area contributed by atoms with Gasteiger partial charge in [-0.3, -0.25) is 9.98 Å². The van der Waals surface area contributed by atoms with Gasteiger partial charge < -0.3 is 10.6 Å². The molecule has 1 aromatic heterocycles. The van der Waals surface area contributed by atoms with Crippen LogP contribution in [-0.2, 0) is 13.1 Å². The first kappa shape index (κ1) is 17.4. The van der Waals surface area contributed by atoms with E-state index < -0.39 is 0 Å². The molecule has 0 aliphatic heterocycles. The quantitative estimate of drug-likeness (QED) is 0.475. The standard InChI is InChI=1S/C16H20N4.HI/c1-13-7-6-10-18-15(13)12-20-16(17-2)19-11-14-8-4-3-5-9-14;/h3-10H,11-12H2,1-2H3,(H2,17,19,20);1H. The Bertz CT molecular complexity index is 569. The summed E-state index contributed by atoms with van der Waals surface area (Å²) in [5.41, 5.74) is 3.44. The van der Waals surface area contributed by atoms with Crippen molar-refractivity contribution in [1.82, 2.24) is 15.6 Å². The van der Waals surface area contributed by atoms with Gasteiger partial charge in [-0.05, 0) is 24.1 Å². The molecule has 4 nitrogen and oxygen atoms in total. The molecule has 0 aliphatic rings. The first-order valence-electron chi connectivity index (χ1n) is 6.68. The monoisotopic (exact) mass is 396 g/mol. The highest BCUT2D eigenvalue weighted by molar-refractivity contribution is 14.0. The van der Waals surface area contributed by atoms with Gasteiger partial charge in [-0.25, -0.2) is 0 Å². The average molecular weight is 396 g/mol. The molecule has 0 bridgehead atoms. The minimum absolute atomic E-state index is 0. The van der Waals surface area contributed by atoms with Crippen LogP contribution in [0.3, 0.4) is 0 Å². The molecule has 0 saturated carbocycles. The molecule has 1 heterocycles. The molecule has 0 fully saturated rings. The molecule has 0 aliphatic carbocycles. The third kappa shape index (κ3) is 5.71. The van der Waals surface area contributed by atoms with E-state index in [-0.39, 0.29) is 24.0 Å². The van der Waals surface area contributed by atoms with Crippen molar-refractivity contribution < 1.29 is 0 Å². The van der Waals surface area contributed by atoms with E-state index in [2.05, 4.69) is 45.7 Å². The second-order valence-corrected chi connectivity index (χ2v) is 4.53. The fourth-order valence-electron chi connectivity index (χ4n) is 1.87. The molecule has 5 heteroatoms. The zero-order valence-electron chi connectivity index (χ0n) is 12.3. The molecule has 0 radical (unpaired) electrons. The SMILES string of the molecule is CN=C(NCc1ccccc1)NCc1ncccc1C.I. The molecular formula is C16H21IN4. The average Bonchev–Trinajstić information content (AvgIpc) is 2.50.